The zero-order chi connectivity index (χ0) is 10.3. The lowest BCUT2D eigenvalue weighted by Crippen LogP contribution is -2.35. The van der Waals surface area contributed by atoms with Crippen LogP contribution in [0, 0.1) is 0 Å². The number of rotatable bonds is 0. The molecule has 14 heavy (non-hydrogen) atoms. The fourth-order valence-corrected chi connectivity index (χ4v) is 2.43. The first-order valence-corrected chi connectivity index (χ1v) is 5.38. The molecule has 1 atom stereocenters. The largest absolute Gasteiger partial charge is 0.279 e. The van der Waals surface area contributed by atoms with Gasteiger partial charge in [0.15, 0.2) is 0 Å². The molecule has 0 aromatic heterocycles. The van der Waals surface area contributed by atoms with Crippen molar-refractivity contribution in [3.63, 3.8) is 0 Å². The predicted molar refractivity (Wildman–Crippen MR) is 60.4 cm³/mol. The number of benzene rings is 1. The van der Waals surface area contributed by atoms with E-state index in [9.17, 15) is 0 Å². The molecule has 75 valence electrons. The smallest absolute Gasteiger partial charge is 0.0616 e. The monoisotopic (exact) mass is 208 g/mol. The van der Waals surface area contributed by atoms with Crippen molar-refractivity contribution >= 4 is 17.3 Å². The molecule has 1 aliphatic rings. The molecule has 2 heteroatoms. The van der Waals surface area contributed by atoms with Gasteiger partial charge >= 0.3 is 0 Å². The first-order chi connectivity index (χ1) is 6.48. The molecule has 1 aliphatic heterocycles. The third-order valence-electron chi connectivity index (χ3n) is 2.75. The van der Waals surface area contributed by atoms with E-state index in [2.05, 4.69) is 20.8 Å². The van der Waals surface area contributed by atoms with Crippen LogP contribution in [0.5, 0.6) is 0 Å². The van der Waals surface area contributed by atoms with E-state index >= 15 is 0 Å². The van der Waals surface area contributed by atoms with Gasteiger partial charge in [-0.1, -0.05) is 18.5 Å². The quantitative estimate of drug-likeness (QED) is 0.615. The van der Waals surface area contributed by atoms with E-state index in [1.54, 1.807) is 0 Å². The summed E-state index contributed by atoms with van der Waals surface area (Å²) in [6, 6.07) is 5.98. The highest BCUT2D eigenvalue weighted by Gasteiger charge is 2.30. The van der Waals surface area contributed by atoms with Crippen molar-refractivity contribution in [1.82, 2.24) is 5.32 Å². The van der Waals surface area contributed by atoms with Crippen LogP contribution in [0.3, 0.4) is 0 Å². The minimum Gasteiger partial charge on any atom is -0.279 e. The Bertz CT molecular complexity index is 357. The van der Waals surface area contributed by atoms with Gasteiger partial charge in [0.1, 0.15) is 0 Å². The molecule has 1 aromatic rings. The van der Waals surface area contributed by atoms with Crippen LogP contribution in [-0.2, 0) is 0 Å². The van der Waals surface area contributed by atoms with Crippen LogP contribution >= 0.6 is 11.6 Å². The summed E-state index contributed by atoms with van der Waals surface area (Å²) in [5, 5.41) is 5.52. The first-order valence-electron chi connectivity index (χ1n) is 5.00. The van der Waals surface area contributed by atoms with Crippen molar-refractivity contribution in [2.75, 3.05) is 0 Å². The molecule has 2 rings (SSSR count). The maximum Gasteiger partial charge on any atom is 0.0616 e. The second-order valence-electron chi connectivity index (χ2n) is 4.73. The van der Waals surface area contributed by atoms with Crippen LogP contribution in [0.15, 0.2) is 18.2 Å². The van der Waals surface area contributed by atoms with Gasteiger partial charge in [0.05, 0.1) is 11.2 Å². The Kier molecular flexibility index (Phi) is 2.23. The molecular formula is C12H15ClN. The van der Waals surface area contributed by atoms with Crippen LogP contribution in [0.1, 0.15) is 38.7 Å². The summed E-state index contributed by atoms with van der Waals surface area (Å²) < 4.78 is 0. The first kappa shape index (κ1) is 9.85. The molecule has 0 spiro atoms. The van der Waals surface area contributed by atoms with Gasteiger partial charge in [0.25, 0.3) is 0 Å². The van der Waals surface area contributed by atoms with Gasteiger partial charge in [0.2, 0.25) is 0 Å². The van der Waals surface area contributed by atoms with Crippen LogP contribution in [0.4, 0.5) is 5.69 Å². The molecule has 0 fully saturated rings. The molecule has 0 aliphatic carbocycles. The lowest BCUT2D eigenvalue weighted by atomic mass is 9.82. The third-order valence-corrected chi connectivity index (χ3v) is 2.98. The Balaban J connectivity index is 2.45. The summed E-state index contributed by atoms with van der Waals surface area (Å²) in [5.41, 5.74) is 2.47. The Morgan fingerprint density at radius 1 is 1.43 bits per heavy atom. The fourth-order valence-electron chi connectivity index (χ4n) is 2.25. The normalized spacial score (nSPS) is 23.9. The number of fused-ring (bicyclic) bond motifs is 1. The average molecular weight is 209 g/mol. The lowest BCUT2D eigenvalue weighted by molar-refractivity contribution is 0.357. The Hall–Kier alpha value is -0.690. The van der Waals surface area contributed by atoms with Gasteiger partial charge in [-0.05, 0) is 49.9 Å². The SMILES string of the molecule is CC1CC(C)(C)[N]c2ccc(Cl)cc21. The average Bonchev–Trinajstić information content (AvgIpc) is 2.05. The molecule has 1 aromatic carbocycles. The maximum atomic E-state index is 5.97. The minimum absolute atomic E-state index is 0.0697. The van der Waals surface area contributed by atoms with E-state index in [1.165, 1.54) is 5.56 Å². The number of hydrogen-bond donors (Lipinski definition) is 0. The number of hydrogen-bond acceptors (Lipinski definition) is 0. The van der Waals surface area contributed by atoms with Crippen LogP contribution in [0.25, 0.3) is 0 Å². The molecule has 0 N–H and O–H groups in total. The van der Waals surface area contributed by atoms with E-state index in [4.69, 9.17) is 16.9 Å². The van der Waals surface area contributed by atoms with E-state index in [0.717, 1.165) is 17.1 Å². The molecule has 1 heterocycles. The summed E-state index contributed by atoms with van der Waals surface area (Å²) in [7, 11) is 0. The highest BCUT2D eigenvalue weighted by Crippen LogP contribution is 2.39. The highest BCUT2D eigenvalue weighted by molar-refractivity contribution is 6.30. The van der Waals surface area contributed by atoms with Crippen LogP contribution < -0.4 is 5.32 Å². The summed E-state index contributed by atoms with van der Waals surface area (Å²) >= 11 is 5.97. The lowest BCUT2D eigenvalue weighted by Gasteiger charge is -2.35. The molecule has 0 saturated carbocycles. The van der Waals surface area contributed by atoms with Crippen molar-refractivity contribution in [3.8, 4) is 0 Å². The van der Waals surface area contributed by atoms with Gasteiger partial charge < -0.3 is 0 Å². The molecular weight excluding hydrogens is 194 g/mol. The molecule has 1 radical (unpaired) electrons. The summed E-state index contributed by atoms with van der Waals surface area (Å²) in [4.78, 5) is 0. The van der Waals surface area contributed by atoms with E-state index in [0.29, 0.717) is 5.92 Å². The Morgan fingerprint density at radius 2 is 2.14 bits per heavy atom. The zero-order valence-electron chi connectivity index (χ0n) is 8.84. The standard InChI is InChI=1S/C12H15ClN/c1-8-7-12(2,3)14-11-5-4-9(13)6-10(8)11/h4-6,8H,7H2,1-3H3. The van der Waals surface area contributed by atoms with Crippen molar-refractivity contribution < 1.29 is 0 Å². The van der Waals surface area contributed by atoms with Gasteiger partial charge in [-0.3, -0.25) is 5.32 Å². The van der Waals surface area contributed by atoms with Crippen molar-refractivity contribution in [2.24, 2.45) is 0 Å². The topological polar surface area (TPSA) is 14.1 Å². The van der Waals surface area contributed by atoms with Crippen molar-refractivity contribution in [2.45, 2.75) is 38.6 Å². The predicted octanol–water partition coefficient (Wildman–Crippen LogP) is 3.86. The highest BCUT2D eigenvalue weighted by atomic mass is 35.5. The third kappa shape index (κ3) is 1.74. The summed E-state index contributed by atoms with van der Waals surface area (Å²) in [6.07, 6.45) is 1.10. The molecule has 0 bridgehead atoms. The second kappa shape index (κ2) is 3.16. The van der Waals surface area contributed by atoms with Crippen LogP contribution in [0.2, 0.25) is 5.02 Å². The molecule has 1 unspecified atom stereocenters. The Morgan fingerprint density at radius 3 is 2.86 bits per heavy atom. The van der Waals surface area contributed by atoms with Crippen molar-refractivity contribution in [1.29, 1.82) is 0 Å². The van der Waals surface area contributed by atoms with Gasteiger partial charge in [0, 0.05) is 5.02 Å². The summed E-state index contributed by atoms with van der Waals surface area (Å²) in [5.74, 6) is 0.552. The van der Waals surface area contributed by atoms with E-state index < -0.39 is 0 Å². The summed E-state index contributed by atoms with van der Waals surface area (Å²) in [6.45, 7) is 6.60. The van der Waals surface area contributed by atoms with E-state index in [-0.39, 0.29) is 5.54 Å². The minimum atomic E-state index is 0.0697. The fraction of sp³-hybridized carbons (Fsp3) is 0.500. The van der Waals surface area contributed by atoms with Gasteiger partial charge in [-0.15, -0.1) is 0 Å². The van der Waals surface area contributed by atoms with E-state index in [1.807, 2.05) is 18.2 Å². The van der Waals surface area contributed by atoms with Crippen molar-refractivity contribution in [3.05, 3.63) is 28.8 Å². The maximum absolute atomic E-state index is 5.97. The zero-order valence-corrected chi connectivity index (χ0v) is 9.60. The van der Waals surface area contributed by atoms with Gasteiger partial charge in [-0.2, -0.15) is 0 Å². The number of nitrogens with zero attached hydrogens (tertiary/aromatic N) is 1. The Labute approximate surface area is 90.5 Å². The second-order valence-corrected chi connectivity index (χ2v) is 5.17. The number of halogens is 1. The molecule has 0 amide bonds. The van der Waals surface area contributed by atoms with Crippen LogP contribution in [-0.4, -0.2) is 5.54 Å². The molecule has 1 nitrogen and oxygen atoms in total. The van der Waals surface area contributed by atoms with Gasteiger partial charge in [-0.25, -0.2) is 0 Å². The molecule has 0 saturated heterocycles.